The summed E-state index contributed by atoms with van der Waals surface area (Å²) in [4.78, 5) is 22.7. The Morgan fingerprint density at radius 3 is 2.78 bits per heavy atom. The van der Waals surface area contributed by atoms with Gasteiger partial charge in [-0.25, -0.2) is 9.97 Å². The Morgan fingerprint density at radius 2 is 2.04 bits per heavy atom. The predicted molar refractivity (Wildman–Crippen MR) is 89.2 cm³/mol. The molecule has 1 N–H and O–H groups in total. The van der Waals surface area contributed by atoms with Crippen molar-refractivity contribution in [1.29, 1.82) is 0 Å². The molecule has 1 aliphatic rings. The molecule has 1 aromatic heterocycles. The molecule has 23 heavy (non-hydrogen) atoms. The topological polar surface area (TPSA) is 67.4 Å². The maximum atomic E-state index is 12.4. The summed E-state index contributed by atoms with van der Waals surface area (Å²) in [7, 11) is 0. The Bertz CT molecular complexity index is 717. The lowest BCUT2D eigenvalue weighted by Gasteiger charge is -2.27. The first-order valence-corrected chi connectivity index (χ1v) is 7.73. The number of aryl methyl sites for hydroxylation is 1. The van der Waals surface area contributed by atoms with Crippen LogP contribution >= 0.6 is 11.6 Å². The van der Waals surface area contributed by atoms with Crippen LogP contribution in [0.3, 0.4) is 0 Å². The molecule has 0 radical (unpaired) electrons. The molecule has 0 saturated carbocycles. The van der Waals surface area contributed by atoms with Crippen molar-refractivity contribution in [1.82, 2.24) is 9.97 Å². The third-order valence-electron chi connectivity index (χ3n) is 3.65. The van der Waals surface area contributed by atoms with Crippen LogP contribution in [0.5, 0.6) is 0 Å². The van der Waals surface area contributed by atoms with Crippen LogP contribution in [-0.4, -0.2) is 42.2 Å². The molecule has 1 aromatic carbocycles. The minimum Gasteiger partial charge on any atom is -0.378 e. The number of ether oxygens (including phenoxy) is 1. The second-order valence-corrected chi connectivity index (χ2v) is 5.69. The molecule has 1 saturated heterocycles. The monoisotopic (exact) mass is 332 g/mol. The number of carbonyl (C=O) groups is 1. The zero-order chi connectivity index (χ0) is 16.2. The lowest BCUT2D eigenvalue weighted by atomic mass is 10.2. The van der Waals surface area contributed by atoms with Crippen molar-refractivity contribution >= 4 is 29.0 Å². The second kappa shape index (κ2) is 6.93. The number of aromatic nitrogens is 2. The fourth-order valence-corrected chi connectivity index (χ4v) is 2.48. The van der Waals surface area contributed by atoms with Gasteiger partial charge in [0.15, 0.2) is 0 Å². The van der Waals surface area contributed by atoms with Crippen molar-refractivity contribution in [3.05, 3.63) is 46.9 Å². The number of nitrogens with one attached hydrogen (secondary N) is 1. The Kier molecular flexibility index (Phi) is 4.73. The van der Waals surface area contributed by atoms with Crippen LogP contribution in [0.25, 0.3) is 0 Å². The summed E-state index contributed by atoms with van der Waals surface area (Å²) in [6, 6.07) is 7.08. The van der Waals surface area contributed by atoms with Gasteiger partial charge in [0.2, 0.25) is 0 Å². The number of hydrogen-bond acceptors (Lipinski definition) is 5. The van der Waals surface area contributed by atoms with Gasteiger partial charge in [-0.05, 0) is 24.6 Å². The van der Waals surface area contributed by atoms with Crippen LogP contribution in [0.4, 0.5) is 11.5 Å². The molecule has 1 amide bonds. The minimum absolute atomic E-state index is 0.290. The molecule has 0 aliphatic carbocycles. The summed E-state index contributed by atoms with van der Waals surface area (Å²) in [5.74, 6) is 0.442. The lowest BCUT2D eigenvalue weighted by Crippen LogP contribution is -2.37. The van der Waals surface area contributed by atoms with E-state index in [1.54, 1.807) is 12.1 Å². The molecule has 1 aliphatic heterocycles. The minimum atomic E-state index is -0.290. The van der Waals surface area contributed by atoms with E-state index in [0.29, 0.717) is 29.6 Å². The number of nitrogens with zero attached hydrogens (tertiary/aromatic N) is 3. The standard InChI is InChI=1S/C16H17ClN4O2/c1-11-2-3-12(8-13(11)17)20-16(22)14-9-15(19-10-18-14)21-4-6-23-7-5-21/h2-3,8-10H,4-7H2,1H3,(H,20,22). The quantitative estimate of drug-likeness (QED) is 0.935. The third-order valence-corrected chi connectivity index (χ3v) is 4.06. The van der Waals surface area contributed by atoms with Crippen LogP contribution < -0.4 is 10.2 Å². The smallest absolute Gasteiger partial charge is 0.274 e. The first-order chi connectivity index (χ1) is 11.1. The average molecular weight is 333 g/mol. The molecule has 6 nitrogen and oxygen atoms in total. The summed E-state index contributed by atoms with van der Waals surface area (Å²) in [6.45, 7) is 4.74. The fraction of sp³-hybridized carbons (Fsp3) is 0.312. The molecule has 0 unspecified atom stereocenters. The molecule has 0 atom stereocenters. The number of hydrogen-bond donors (Lipinski definition) is 1. The van der Waals surface area contributed by atoms with Gasteiger partial charge in [0, 0.05) is 29.9 Å². The number of carbonyl (C=O) groups excluding carboxylic acids is 1. The zero-order valence-corrected chi connectivity index (χ0v) is 13.5. The molecule has 2 aromatic rings. The van der Waals surface area contributed by atoms with Gasteiger partial charge in [0.05, 0.1) is 13.2 Å². The number of morpholine rings is 1. The van der Waals surface area contributed by atoms with Gasteiger partial charge in [0.25, 0.3) is 5.91 Å². The van der Waals surface area contributed by atoms with Crippen LogP contribution in [-0.2, 0) is 4.74 Å². The molecule has 2 heterocycles. The molecule has 120 valence electrons. The Balaban J connectivity index is 1.75. The van der Waals surface area contributed by atoms with E-state index >= 15 is 0 Å². The average Bonchev–Trinajstić information content (AvgIpc) is 2.59. The first-order valence-electron chi connectivity index (χ1n) is 7.36. The lowest BCUT2D eigenvalue weighted by molar-refractivity contribution is 0.102. The molecule has 0 spiro atoms. The van der Waals surface area contributed by atoms with Crippen molar-refractivity contribution in [3.63, 3.8) is 0 Å². The molecule has 0 bridgehead atoms. The normalized spacial score (nSPS) is 14.6. The van der Waals surface area contributed by atoms with E-state index in [4.69, 9.17) is 16.3 Å². The van der Waals surface area contributed by atoms with Crippen LogP contribution in [0, 0.1) is 6.92 Å². The molecular weight excluding hydrogens is 316 g/mol. The molecule has 1 fully saturated rings. The van der Waals surface area contributed by atoms with Crippen LogP contribution in [0.1, 0.15) is 16.1 Å². The van der Waals surface area contributed by atoms with Gasteiger partial charge >= 0.3 is 0 Å². The Labute approximate surface area is 139 Å². The number of benzene rings is 1. The Hall–Kier alpha value is -2.18. The highest BCUT2D eigenvalue weighted by molar-refractivity contribution is 6.31. The second-order valence-electron chi connectivity index (χ2n) is 5.28. The zero-order valence-electron chi connectivity index (χ0n) is 12.8. The van der Waals surface area contributed by atoms with Gasteiger partial charge < -0.3 is 15.0 Å². The van der Waals surface area contributed by atoms with E-state index < -0.39 is 0 Å². The largest absolute Gasteiger partial charge is 0.378 e. The fourth-order valence-electron chi connectivity index (χ4n) is 2.30. The molecule has 3 rings (SSSR count). The van der Waals surface area contributed by atoms with Gasteiger partial charge in [-0.1, -0.05) is 17.7 Å². The highest BCUT2D eigenvalue weighted by Gasteiger charge is 2.15. The summed E-state index contributed by atoms with van der Waals surface area (Å²) in [5, 5.41) is 3.41. The summed E-state index contributed by atoms with van der Waals surface area (Å²) < 4.78 is 5.32. The highest BCUT2D eigenvalue weighted by atomic mass is 35.5. The summed E-state index contributed by atoms with van der Waals surface area (Å²) >= 11 is 6.07. The van der Waals surface area contributed by atoms with Crippen molar-refractivity contribution < 1.29 is 9.53 Å². The van der Waals surface area contributed by atoms with Gasteiger partial charge in [-0.3, -0.25) is 4.79 Å². The van der Waals surface area contributed by atoms with Crippen LogP contribution in [0.2, 0.25) is 5.02 Å². The predicted octanol–water partition coefficient (Wildman–Crippen LogP) is 2.53. The molecule has 7 heteroatoms. The maximum absolute atomic E-state index is 12.4. The van der Waals surface area contributed by atoms with Crippen LogP contribution in [0.15, 0.2) is 30.6 Å². The van der Waals surface area contributed by atoms with Crippen molar-refractivity contribution in [2.75, 3.05) is 36.5 Å². The SMILES string of the molecule is Cc1ccc(NC(=O)c2cc(N3CCOCC3)ncn2)cc1Cl. The number of anilines is 2. The van der Waals surface area contributed by atoms with E-state index in [1.807, 2.05) is 19.1 Å². The number of halogens is 1. The van der Waals surface area contributed by atoms with Crippen molar-refractivity contribution in [3.8, 4) is 0 Å². The van der Waals surface area contributed by atoms with E-state index in [-0.39, 0.29) is 5.91 Å². The maximum Gasteiger partial charge on any atom is 0.274 e. The van der Waals surface area contributed by atoms with Gasteiger partial charge in [-0.15, -0.1) is 0 Å². The van der Waals surface area contributed by atoms with E-state index in [0.717, 1.165) is 24.5 Å². The van der Waals surface area contributed by atoms with Gasteiger partial charge in [-0.2, -0.15) is 0 Å². The number of rotatable bonds is 3. The van der Waals surface area contributed by atoms with E-state index in [9.17, 15) is 4.79 Å². The summed E-state index contributed by atoms with van der Waals surface area (Å²) in [5.41, 5.74) is 1.91. The van der Waals surface area contributed by atoms with E-state index in [1.165, 1.54) is 6.33 Å². The molecular formula is C16H17ClN4O2. The van der Waals surface area contributed by atoms with Crippen molar-refractivity contribution in [2.45, 2.75) is 6.92 Å². The van der Waals surface area contributed by atoms with E-state index in [2.05, 4.69) is 20.2 Å². The van der Waals surface area contributed by atoms with Crippen molar-refractivity contribution in [2.24, 2.45) is 0 Å². The Morgan fingerprint density at radius 1 is 1.26 bits per heavy atom. The van der Waals surface area contributed by atoms with Gasteiger partial charge in [0.1, 0.15) is 17.8 Å². The number of amides is 1. The summed E-state index contributed by atoms with van der Waals surface area (Å²) in [6.07, 6.45) is 1.40. The first kappa shape index (κ1) is 15.7. The third kappa shape index (κ3) is 3.78. The highest BCUT2D eigenvalue weighted by Crippen LogP contribution is 2.20.